The van der Waals surface area contributed by atoms with Crippen LogP contribution in [0.15, 0.2) is 164 Å². The highest BCUT2D eigenvalue weighted by atomic mass is 35.5. The molecule has 16 nitrogen and oxygen atoms in total. The molecule has 3 fully saturated rings. The third-order valence-electron chi connectivity index (χ3n) is 19.5. The zero-order valence-corrected chi connectivity index (χ0v) is 70.6. The average molecular weight is 1650 g/mol. The molecule has 0 saturated carbocycles. The Morgan fingerprint density at radius 1 is 0.468 bits per heavy atom. The molecule has 3 aliphatic heterocycles. The molecule has 3 heterocycles. The van der Waals surface area contributed by atoms with E-state index in [1.54, 1.807) is 58.3 Å². The van der Waals surface area contributed by atoms with Crippen LogP contribution in [0.2, 0.25) is 0 Å². The van der Waals surface area contributed by atoms with Crippen molar-refractivity contribution in [3.8, 4) is 11.5 Å². The fraction of sp³-hybridized carbons (Fsp3) is 0.442. The maximum atomic E-state index is 14.1. The van der Waals surface area contributed by atoms with Crippen molar-refractivity contribution in [2.75, 3.05) is 84.7 Å². The van der Waals surface area contributed by atoms with Gasteiger partial charge in [-0.1, -0.05) is 134 Å². The van der Waals surface area contributed by atoms with Gasteiger partial charge in [0, 0.05) is 93.6 Å². The smallest absolute Gasteiger partial charge is 0.250 e. The summed E-state index contributed by atoms with van der Waals surface area (Å²) >= 11 is 18.2. The van der Waals surface area contributed by atoms with Crippen molar-refractivity contribution in [1.29, 1.82) is 0 Å². The van der Waals surface area contributed by atoms with E-state index in [0.29, 0.717) is 104 Å². The van der Waals surface area contributed by atoms with Gasteiger partial charge >= 0.3 is 0 Å². The second-order valence-corrected chi connectivity index (χ2v) is 32.1. The molecule has 10 rings (SSSR count). The summed E-state index contributed by atoms with van der Waals surface area (Å²) in [6.45, 7) is 32.0. The number of anilines is 3. The lowest BCUT2D eigenvalue weighted by Crippen LogP contribution is -2.58. The second-order valence-electron chi connectivity index (χ2n) is 31.3. The molecule has 25 heteroatoms. The first-order valence-corrected chi connectivity index (χ1v) is 38.9. The number of carbonyl (C=O) groups is 6. The molecule has 0 bridgehead atoms. The van der Waals surface area contributed by atoms with Gasteiger partial charge in [-0.15, -0.1) is 72.0 Å². The van der Waals surface area contributed by atoms with E-state index < -0.39 is 41.5 Å². The number of ether oxygens (including phenoxy) is 1. The summed E-state index contributed by atoms with van der Waals surface area (Å²) in [5.74, 6) is -2.27. The van der Waals surface area contributed by atoms with Crippen LogP contribution in [-0.4, -0.2) is 144 Å². The standard InChI is InChI=1S/C30H41ClFN3O2.C29H39ClFN3O2.C27H27ClFN3O3.3ClH/c1-20(2)25-19-34(16-15-33-25)29(37)28(23-8-10-24(32)11-9-23)35(27(36)18-31)26-12-7-22(17-21(26)3)13-14-30(4,5)6;1-19-15-22(13-14-29(4,5)6)7-12-25(19)34(26(35)16-30)27(23-8-10-24(31)11-9-23)28(36)33-17-20(2)32-21(3)18-33;1-19-18-31(16-15-30-19)27(34)26(20-7-9-21(29)10-8-20)32(25(33)17-28)22-11-13-24(14-12-22)35-23-5-3-2-4-6-23;;;/h7-12,17,20,25,28,33H,13-16,18-19H2,1-6H3;7-12,15,20-21,27,32H,13-14,16-18H2,1-6H3;2-14,19,26,30H,15-18H2,1H3;3*1H/t25-,28?;20-,21+,27?;19-,26+;;;/m1.1.../s1. The Bertz CT molecular complexity index is 4130. The maximum absolute atomic E-state index is 14.1. The van der Waals surface area contributed by atoms with Crippen molar-refractivity contribution < 1.29 is 46.7 Å². The molecular weight excluding hydrogens is 1540 g/mol. The largest absolute Gasteiger partial charge is 0.457 e. The Morgan fingerprint density at radius 2 is 0.829 bits per heavy atom. The molecule has 3 N–H and O–H groups in total. The van der Waals surface area contributed by atoms with Crippen LogP contribution in [0.4, 0.5) is 30.2 Å². The summed E-state index contributed by atoms with van der Waals surface area (Å²) in [6.07, 6.45) is 3.91. The van der Waals surface area contributed by atoms with Gasteiger partial charge in [-0.25, -0.2) is 13.2 Å². The molecule has 6 amide bonds. The van der Waals surface area contributed by atoms with E-state index in [1.165, 1.54) is 74.4 Å². The molecule has 2 unspecified atom stereocenters. The average Bonchev–Trinajstić information content (AvgIpc) is 0.790. The molecule has 0 aliphatic carbocycles. The summed E-state index contributed by atoms with van der Waals surface area (Å²) in [4.78, 5) is 91.6. The number of amides is 6. The lowest BCUT2D eigenvalue weighted by atomic mass is 9.88. The number of hydrogen-bond donors (Lipinski definition) is 3. The van der Waals surface area contributed by atoms with Crippen LogP contribution in [0.25, 0.3) is 0 Å². The number of para-hydroxylation sites is 1. The van der Waals surface area contributed by atoms with Crippen molar-refractivity contribution in [3.63, 3.8) is 0 Å². The highest BCUT2D eigenvalue weighted by molar-refractivity contribution is 6.31. The van der Waals surface area contributed by atoms with E-state index in [-0.39, 0.29) is 119 Å². The van der Waals surface area contributed by atoms with Crippen LogP contribution in [0.1, 0.15) is 146 Å². The number of nitrogens with one attached hydrogen (secondary N) is 3. The number of rotatable bonds is 22. The highest BCUT2D eigenvalue weighted by Crippen LogP contribution is 2.38. The Hall–Kier alpha value is -7.43. The SMILES string of the molecule is C[C@@H]1CN(C(=O)[C@H](c2ccc(F)cc2)N(C(=O)CCl)c2ccc(Oc3ccccc3)cc2)CCN1.Cc1cc(CCC(C)(C)C)ccc1N(C(=O)CCl)C(C(=O)N1CCN[C@@H](C(C)C)C1)c1ccc(F)cc1.Cc1cc(CCC(C)(C)C)ccc1N(C(=O)CCl)C(C(=O)N1C[C@@H](C)N[C@@H](C)C1)c1ccc(F)cc1.Cl.Cl.Cl. The van der Waals surface area contributed by atoms with Crippen LogP contribution in [0, 0.1) is 48.0 Å². The summed E-state index contributed by atoms with van der Waals surface area (Å²) in [5.41, 5.74) is 7.95. The van der Waals surface area contributed by atoms with Crippen LogP contribution in [-0.2, 0) is 41.6 Å². The molecule has 0 radical (unpaired) electrons. The molecule has 604 valence electrons. The lowest BCUT2D eigenvalue weighted by molar-refractivity contribution is -0.136. The molecule has 7 aromatic rings. The molecular formula is C86H110Cl6F3N9O7. The summed E-state index contributed by atoms with van der Waals surface area (Å²) in [7, 11) is 0. The fourth-order valence-electron chi connectivity index (χ4n) is 13.8. The predicted octanol–water partition coefficient (Wildman–Crippen LogP) is 17.5. The molecule has 7 atom stereocenters. The van der Waals surface area contributed by atoms with Crippen molar-refractivity contribution >= 4 is 125 Å². The van der Waals surface area contributed by atoms with Crippen molar-refractivity contribution in [3.05, 3.63) is 220 Å². The third-order valence-corrected chi connectivity index (χ3v) is 20.2. The van der Waals surface area contributed by atoms with Crippen LogP contribution in [0.5, 0.6) is 11.5 Å². The van der Waals surface area contributed by atoms with Crippen molar-refractivity contribution in [1.82, 2.24) is 30.7 Å². The zero-order valence-electron chi connectivity index (χ0n) is 65.8. The first-order valence-electron chi connectivity index (χ1n) is 37.3. The van der Waals surface area contributed by atoms with Gasteiger partial charge in [0.1, 0.15) is 64.7 Å². The quantitative estimate of drug-likeness (QED) is 0.0556. The molecule has 3 saturated heterocycles. The predicted molar refractivity (Wildman–Crippen MR) is 451 cm³/mol. The molecule has 111 heavy (non-hydrogen) atoms. The Morgan fingerprint density at radius 3 is 1.21 bits per heavy atom. The number of benzene rings is 7. The van der Waals surface area contributed by atoms with E-state index in [1.807, 2.05) is 94.1 Å². The normalized spacial score (nSPS) is 17.1. The van der Waals surface area contributed by atoms with E-state index in [2.05, 4.69) is 83.5 Å². The van der Waals surface area contributed by atoms with Crippen molar-refractivity contribution in [2.45, 2.75) is 158 Å². The van der Waals surface area contributed by atoms with Crippen LogP contribution < -0.4 is 35.4 Å². The lowest BCUT2D eigenvalue weighted by Gasteiger charge is -2.40. The number of carbonyl (C=O) groups excluding carboxylic acids is 6. The number of nitrogens with zero attached hydrogens (tertiary/aromatic N) is 6. The van der Waals surface area contributed by atoms with Gasteiger partial charge in [-0.3, -0.25) is 43.5 Å². The molecule has 3 aliphatic rings. The Balaban J connectivity index is 0.000000294. The minimum absolute atomic E-state index is 0. The second kappa shape index (κ2) is 43.7. The molecule has 0 aromatic heterocycles. The fourth-order valence-corrected chi connectivity index (χ4v) is 14.2. The molecule has 0 spiro atoms. The summed E-state index contributed by atoms with van der Waals surface area (Å²) in [5, 5.41) is 10.2. The Kier molecular flexibility index (Phi) is 37.1. The van der Waals surface area contributed by atoms with E-state index >= 15 is 0 Å². The van der Waals surface area contributed by atoms with Gasteiger partial charge in [0.25, 0.3) is 17.7 Å². The minimum Gasteiger partial charge on any atom is -0.457 e. The monoisotopic (exact) mass is 1650 g/mol. The van der Waals surface area contributed by atoms with Gasteiger partial charge in [0.05, 0.1) is 0 Å². The van der Waals surface area contributed by atoms with Gasteiger partial charge in [-0.05, 0) is 201 Å². The first-order chi connectivity index (χ1) is 51.3. The number of alkyl halides is 3. The highest BCUT2D eigenvalue weighted by Gasteiger charge is 2.41. The number of halogens is 9. The summed E-state index contributed by atoms with van der Waals surface area (Å²) in [6, 6.07) is 43.2. The van der Waals surface area contributed by atoms with E-state index in [0.717, 1.165) is 36.8 Å². The number of hydrogen-bond acceptors (Lipinski definition) is 10. The zero-order chi connectivity index (χ0) is 78.7. The van der Waals surface area contributed by atoms with Gasteiger partial charge in [0.15, 0.2) is 0 Å². The van der Waals surface area contributed by atoms with E-state index in [9.17, 15) is 41.9 Å². The van der Waals surface area contributed by atoms with Crippen LogP contribution >= 0.6 is 72.0 Å². The third kappa shape index (κ3) is 26.8. The van der Waals surface area contributed by atoms with Crippen LogP contribution in [0.3, 0.4) is 0 Å². The van der Waals surface area contributed by atoms with Gasteiger partial charge in [0.2, 0.25) is 17.7 Å². The number of piperazine rings is 3. The van der Waals surface area contributed by atoms with E-state index in [4.69, 9.17) is 39.5 Å². The maximum Gasteiger partial charge on any atom is 0.250 e. The topological polar surface area (TPSA) is 167 Å². The van der Waals surface area contributed by atoms with Crippen molar-refractivity contribution in [2.24, 2.45) is 16.7 Å². The van der Waals surface area contributed by atoms with Gasteiger partial charge in [-0.2, -0.15) is 0 Å². The minimum atomic E-state index is -0.993. The summed E-state index contributed by atoms with van der Waals surface area (Å²) < 4.78 is 47.2. The first kappa shape index (κ1) is 94.2. The Labute approximate surface area is 688 Å². The number of aryl methyl sites for hydroxylation is 4. The van der Waals surface area contributed by atoms with Gasteiger partial charge < -0.3 is 35.4 Å². The molecule has 7 aromatic carbocycles.